The van der Waals surface area contributed by atoms with Gasteiger partial charge in [0.25, 0.3) is 0 Å². The summed E-state index contributed by atoms with van der Waals surface area (Å²) in [6.07, 6.45) is 21.9. The Morgan fingerprint density at radius 1 is 0.667 bits per heavy atom. The van der Waals surface area contributed by atoms with Crippen molar-refractivity contribution in [2.24, 2.45) is 57.2 Å². The molecule has 0 unspecified atom stereocenters. The number of carboxylic acid groups (broad SMARTS) is 2. The Labute approximate surface area is 283 Å². The number of hydrogen-bond acceptors (Lipinski definition) is 4. The summed E-state index contributed by atoms with van der Waals surface area (Å²) in [5.74, 6) is 1.08. The van der Waals surface area contributed by atoms with Crippen molar-refractivity contribution in [3.05, 3.63) is 46.6 Å². The molecule has 8 atom stereocenters. The molecule has 2 saturated carbocycles. The minimum Gasteiger partial charge on any atom is -0.550 e. The summed E-state index contributed by atoms with van der Waals surface area (Å²) in [4.78, 5) is 23.7. The molecule has 0 aromatic heterocycles. The minimum absolute atomic E-state index is 0. The molecule has 0 aliphatic heterocycles. The maximum Gasteiger partial charge on any atom is 2.00 e. The quantitative estimate of drug-likeness (QED) is 0.309. The summed E-state index contributed by atoms with van der Waals surface area (Å²) in [7, 11) is 0. The molecule has 6 rings (SSSR count). The third-order valence-corrected chi connectivity index (χ3v) is 14.1. The first-order chi connectivity index (χ1) is 20.6. The fourth-order valence-electron chi connectivity index (χ4n) is 11.2. The average Bonchev–Trinajstić information content (AvgIpc) is 2.96. The van der Waals surface area contributed by atoms with Gasteiger partial charge in [-0.15, -0.1) is 0 Å². The van der Waals surface area contributed by atoms with Gasteiger partial charge in [0, 0.05) is 22.8 Å². The zero-order valence-electron chi connectivity index (χ0n) is 29.2. The van der Waals surface area contributed by atoms with Crippen LogP contribution in [0.3, 0.4) is 0 Å². The van der Waals surface area contributed by atoms with Crippen LogP contribution in [0.15, 0.2) is 46.6 Å². The van der Waals surface area contributed by atoms with Crippen molar-refractivity contribution in [3.63, 3.8) is 0 Å². The van der Waals surface area contributed by atoms with E-state index < -0.39 is 22.8 Å². The van der Waals surface area contributed by atoms with Crippen LogP contribution in [0.4, 0.5) is 0 Å². The molecule has 5 heteroatoms. The van der Waals surface area contributed by atoms with E-state index in [0.29, 0.717) is 23.7 Å². The van der Waals surface area contributed by atoms with E-state index in [-0.39, 0.29) is 39.4 Å². The van der Waals surface area contributed by atoms with Crippen LogP contribution in [0.2, 0.25) is 0 Å². The third-order valence-electron chi connectivity index (χ3n) is 14.1. The summed E-state index contributed by atoms with van der Waals surface area (Å²) >= 11 is 0. The Bertz CT molecular complexity index is 1190. The minimum atomic E-state index is -0.838. The molecule has 6 aliphatic carbocycles. The molecular weight excluding hydrogens is 603 g/mol. The van der Waals surface area contributed by atoms with E-state index in [1.54, 1.807) is 11.1 Å². The maximum atomic E-state index is 11.8. The summed E-state index contributed by atoms with van der Waals surface area (Å²) in [6, 6.07) is 0. The van der Waals surface area contributed by atoms with Gasteiger partial charge >= 0.3 is 16.8 Å². The molecule has 0 amide bonds. The van der Waals surface area contributed by atoms with Gasteiger partial charge in [0.2, 0.25) is 0 Å². The molecule has 0 heterocycles. The molecule has 1 radical (unpaired) electrons. The molecule has 0 aromatic rings. The smallest absolute Gasteiger partial charge is 0.550 e. The third kappa shape index (κ3) is 6.12. The molecule has 0 saturated heterocycles. The van der Waals surface area contributed by atoms with Crippen molar-refractivity contribution in [2.75, 3.05) is 0 Å². The van der Waals surface area contributed by atoms with E-state index in [0.717, 1.165) is 51.4 Å². The predicted molar refractivity (Wildman–Crippen MR) is 174 cm³/mol. The number of carbonyl (C=O) groups is 2. The Morgan fingerprint density at radius 3 is 1.33 bits per heavy atom. The molecule has 0 N–H and O–H groups in total. The van der Waals surface area contributed by atoms with Crippen LogP contribution in [0, 0.1) is 57.2 Å². The molecule has 0 spiro atoms. The first-order valence-electron chi connectivity index (χ1n) is 17.8. The fourth-order valence-corrected chi connectivity index (χ4v) is 11.2. The number of aliphatic carboxylic acids is 2. The molecular formula is C40H58CoO4. The summed E-state index contributed by atoms with van der Waals surface area (Å²) in [5.41, 5.74) is 5.01. The first-order valence-corrected chi connectivity index (χ1v) is 17.8. The second-order valence-corrected chi connectivity index (χ2v) is 17.0. The van der Waals surface area contributed by atoms with Gasteiger partial charge in [-0.2, -0.15) is 0 Å². The van der Waals surface area contributed by atoms with Gasteiger partial charge in [-0.25, -0.2) is 0 Å². The molecule has 6 aliphatic rings. The molecule has 0 bridgehead atoms. The van der Waals surface area contributed by atoms with E-state index in [4.69, 9.17) is 0 Å². The average molecular weight is 662 g/mol. The largest absolute Gasteiger partial charge is 2.00 e. The van der Waals surface area contributed by atoms with Gasteiger partial charge in [-0.3, -0.25) is 0 Å². The number of carbonyl (C=O) groups excluding carboxylic acids is 2. The Balaban J connectivity index is 0.000000200. The van der Waals surface area contributed by atoms with Crippen molar-refractivity contribution < 1.29 is 36.6 Å². The van der Waals surface area contributed by atoms with Crippen LogP contribution in [0.1, 0.15) is 132 Å². The predicted octanol–water partition coefficient (Wildman–Crippen LogP) is 7.74. The monoisotopic (exact) mass is 661 g/mol. The van der Waals surface area contributed by atoms with Gasteiger partial charge in [0.05, 0.1) is 0 Å². The zero-order valence-corrected chi connectivity index (χ0v) is 30.3. The maximum absolute atomic E-state index is 11.8. The molecule has 4 nitrogen and oxygen atoms in total. The first kappa shape index (κ1) is 36.2. The second kappa shape index (κ2) is 13.1. The topological polar surface area (TPSA) is 80.3 Å². The summed E-state index contributed by atoms with van der Waals surface area (Å²) in [6.45, 7) is 17.7. The van der Waals surface area contributed by atoms with Crippen LogP contribution in [-0.4, -0.2) is 11.9 Å². The van der Waals surface area contributed by atoms with Crippen LogP contribution in [0.5, 0.6) is 0 Å². The van der Waals surface area contributed by atoms with E-state index in [1.807, 2.05) is 13.8 Å². The normalized spacial score (nSPS) is 40.4. The summed E-state index contributed by atoms with van der Waals surface area (Å²) < 4.78 is 0. The van der Waals surface area contributed by atoms with E-state index >= 15 is 0 Å². The van der Waals surface area contributed by atoms with Crippen molar-refractivity contribution >= 4 is 11.9 Å². The fraction of sp³-hybridized carbons (Fsp3) is 0.750. The molecule has 251 valence electrons. The number of rotatable bonds is 4. The van der Waals surface area contributed by atoms with E-state index in [1.165, 1.54) is 36.8 Å². The SMILES string of the molecule is CC(C)C1=CC2=CC[C@@H]3[C@@](C)(CCC[C@]3(C)C(=O)[O-])[C@H]2CC1.CC(C)C1=CC2=CC[C@H]3[C@](C)(CCC[C@]3(C)C(=O)[O-])[C@H]2CC1.[Co+2]. The van der Waals surface area contributed by atoms with Crippen LogP contribution in [-0.2, 0) is 26.4 Å². The Hall–Kier alpha value is -1.59. The zero-order chi connectivity index (χ0) is 32.2. The van der Waals surface area contributed by atoms with Gasteiger partial charge in [-0.05, 0) is 122 Å². The van der Waals surface area contributed by atoms with Crippen molar-refractivity contribution in [2.45, 2.75) is 132 Å². The number of allylic oxidation sites excluding steroid dienone is 8. The Morgan fingerprint density at radius 2 is 1.02 bits per heavy atom. The van der Waals surface area contributed by atoms with Gasteiger partial charge in [-0.1, -0.05) is 104 Å². The van der Waals surface area contributed by atoms with Gasteiger partial charge in [0.15, 0.2) is 0 Å². The number of fused-ring (bicyclic) bond motifs is 6. The molecule has 0 aromatic carbocycles. The number of hydrogen-bond donors (Lipinski definition) is 0. The summed E-state index contributed by atoms with van der Waals surface area (Å²) in [5, 5.41) is 23.7. The second-order valence-electron chi connectivity index (χ2n) is 17.0. The van der Waals surface area contributed by atoms with E-state index in [9.17, 15) is 19.8 Å². The molecule has 2 fully saturated rings. The van der Waals surface area contributed by atoms with Crippen molar-refractivity contribution in [1.29, 1.82) is 0 Å². The van der Waals surface area contributed by atoms with Gasteiger partial charge in [0.1, 0.15) is 0 Å². The van der Waals surface area contributed by atoms with Crippen molar-refractivity contribution in [1.82, 2.24) is 0 Å². The van der Waals surface area contributed by atoms with Gasteiger partial charge < -0.3 is 19.8 Å². The Kier molecular flexibility index (Phi) is 10.6. The van der Waals surface area contributed by atoms with Crippen molar-refractivity contribution in [3.8, 4) is 0 Å². The van der Waals surface area contributed by atoms with Crippen LogP contribution >= 0.6 is 0 Å². The van der Waals surface area contributed by atoms with Crippen LogP contribution < -0.4 is 10.2 Å². The standard InChI is InChI=1S/2C20H30O2.Co/c2*1-13(2)14-6-8-16-15(12-14)7-9-17-19(16,3)10-5-11-20(17,4)18(21)22;/h2*7,12-13,16-17H,5-6,8-11H2,1-4H3,(H,21,22);/q;;+2/p-2/t16-,17+,19-,20-;16-,17-,19+,20-;/m00./s1. The number of carboxylic acids is 2. The van der Waals surface area contributed by atoms with Crippen LogP contribution in [0.25, 0.3) is 0 Å². The molecule has 45 heavy (non-hydrogen) atoms. The van der Waals surface area contributed by atoms with E-state index in [2.05, 4.69) is 65.8 Å².